The van der Waals surface area contributed by atoms with Crippen LogP contribution in [0.4, 0.5) is 51.8 Å². The molecular weight excluding hydrogens is 1500 g/mol. The molecule has 25 nitrogen and oxygen atoms in total. The second-order valence-electron chi connectivity index (χ2n) is 33.1. The third kappa shape index (κ3) is 15.8. The summed E-state index contributed by atoms with van der Waals surface area (Å²) in [4.78, 5) is 60.5. The van der Waals surface area contributed by atoms with Crippen LogP contribution >= 0.6 is 0 Å². The normalized spacial score (nSPS) is 15.9. The number of fused-ring (bicyclic) bond motifs is 3. The summed E-state index contributed by atoms with van der Waals surface area (Å²) in [6.07, 6.45) is 15.2. The molecule has 3 aliphatic carbocycles. The molecule has 1 amide bonds. The number of aromatic nitrogens is 12. The number of morpholine rings is 2. The molecule has 0 unspecified atom stereocenters. The number of nitrogens with zero attached hydrogens (tertiary/aromatic N) is 14. The third-order valence-corrected chi connectivity index (χ3v) is 23.8. The fourth-order valence-electron chi connectivity index (χ4n) is 16.6. The Bertz CT molecular complexity index is 6270. The Kier molecular flexibility index (Phi) is 21.0. The number of para-hydroxylation sites is 2. The number of hydrogen-bond acceptors (Lipinski definition) is 21. The standard InChI is InChI=1S/2C32H33N7O.C31H32N8O/c1-32(14-4-15-32)22-8-10-24(11-9-22)39-30(26-7-3-16-34-29(26)33)36-27-12-13-28(37-31(27)39)35-23-5-2-6-25(21-23)38-17-19-40-20-18-38;1-31(2,3)38-30(40)21-8-4-7-20(19-21)25-14-15-26-29(36-25)39(28(37-26)24-9-5-18-35-27(24)33)23-12-10-22(11-13-23)32(34)16-6-17-32;32-28-23(5-3-16-34-28)29-36-25-12-13-27(35-24-6-1-2-7-26(24)38-17-19-40-20-18-38)37-30(25)39(29)22-10-8-21(9-11-22)31(33)14-4-15-31/h2-3,5-13,16,21H,4,14-15,17-20H2,1H3,(H2,33,34)(H,35,37);4-5,7-15,18-19H,6,16-17,34H2,1-3H3,(H2,33,35)(H,38,40);1-3,5-13,16H,4,14-15,17-20,33H2,(H2,32,34)(H,35,37). The second-order valence-corrected chi connectivity index (χ2v) is 33.1. The van der Waals surface area contributed by atoms with E-state index >= 15 is 0 Å². The number of ether oxygens (including phenoxy) is 2. The zero-order valence-electron chi connectivity index (χ0n) is 67.9. The number of benzene rings is 6. The van der Waals surface area contributed by atoms with Gasteiger partial charge >= 0.3 is 0 Å². The highest BCUT2D eigenvalue weighted by Crippen LogP contribution is 2.46. The minimum atomic E-state index is -0.334. The lowest BCUT2D eigenvalue weighted by molar-refractivity contribution is 0.0919. The highest BCUT2D eigenvalue weighted by molar-refractivity contribution is 5.96. The number of carbonyl (C=O) groups excluding carboxylic acids is 1. The first kappa shape index (κ1) is 77.8. The van der Waals surface area contributed by atoms with Crippen LogP contribution in [0.3, 0.4) is 0 Å². The number of carbonyl (C=O) groups is 1. The molecule has 11 heterocycles. The van der Waals surface area contributed by atoms with Gasteiger partial charge in [0.2, 0.25) is 0 Å². The lowest BCUT2D eigenvalue weighted by Gasteiger charge is -2.39. The van der Waals surface area contributed by atoms with Crippen LogP contribution in [0.2, 0.25) is 0 Å². The van der Waals surface area contributed by atoms with Gasteiger partial charge in [0.15, 0.2) is 34.4 Å². The van der Waals surface area contributed by atoms with Gasteiger partial charge in [0, 0.05) is 101 Å². The quantitative estimate of drug-likeness (QED) is 0.0420. The van der Waals surface area contributed by atoms with Crippen molar-refractivity contribution >= 4 is 91.2 Å². The van der Waals surface area contributed by atoms with Gasteiger partial charge < -0.3 is 63.9 Å². The number of pyridine rings is 6. The molecule has 5 aliphatic rings. The predicted molar refractivity (Wildman–Crippen MR) is 478 cm³/mol. The molecule has 9 aromatic heterocycles. The Balaban J connectivity index is 0.000000123. The van der Waals surface area contributed by atoms with E-state index in [1.807, 2.05) is 128 Å². The Morgan fingerprint density at radius 1 is 0.425 bits per heavy atom. The van der Waals surface area contributed by atoms with E-state index in [9.17, 15) is 4.79 Å². The average Bonchev–Trinajstić information content (AvgIpc) is 1.62. The van der Waals surface area contributed by atoms with Crippen LogP contribution in [0.1, 0.15) is 113 Å². The predicted octanol–water partition coefficient (Wildman–Crippen LogP) is 16.7. The van der Waals surface area contributed by atoms with Gasteiger partial charge in [-0.25, -0.2) is 44.9 Å². The van der Waals surface area contributed by atoms with Gasteiger partial charge in [-0.3, -0.25) is 18.5 Å². The SMILES string of the molecule is CC(C)(C)NC(=O)c1cccc(-c2ccc3nc(-c4cccnc4N)n(-c4ccc(C5(N)CCC5)cc4)c3n2)c1.CC1(c2ccc(-n3c(-c4cccnc4N)nc4ccc(Nc5cccc(N6CCOCC6)c5)nc43)cc2)CCC1.Nc1ncccc1-c1nc2ccc(Nc3ccccc3N3CCOCC3)nc2n1-c1ccc(C2(N)CCC2)cc1. The van der Waals surface area contributed by atoms with Crippen LogP contribution in [-0.2, 0) is 26.0 Å². The van der Waals surface area contributed by atoms with Gasteiger partial charge in [-0.05, 0) is 246 Å². The summed E-state index contributed by atoms with van der Waals surface area (Å²) in [7, 11) is 0. The lowest BCUT2D eigenvalue weighted by Crippen LogP contribution is -2.43. The lowest BCUT2D eigenvalue weighted by atomic mass is 9.66. The topological polar surface area (TPSA) is 339 Å². The van der Waals surface area contributed by atoms with Crippen LogP contribution in [-0.4, -0.2) is 123 Å². The van der Waals surface area contributed by atoms with E-state index < -0.39 is 0 Å². The zero-order chi connectivity index (χ0) is 82.3. The molecule has 13 N–H and O–H groups in total. The van der Waals surface area contributed by atoms with Crippen LogP contribution in [0.15, 0.2) is 237 Å². The van der Waals surface area contributed by atoms with E-state index in [4.69, 9.17) is 68.0 Å². The molecule has 15 aromatic rings. The van der Waals surface area contributed by atoms with Crippen LogP contribution in [0, 0.1) is 0 Å². The van der Waals surface area contributed by atoms with Crippen molar-refractivity contribution in [2.75, 3.05) is 90.2 Å². The fourth-order valence-corrected chi connectivity index (χ4v) is 16.6. The number of amides is 1. The van der Waals surface area contributed by atoms with E-state index in [1.54, 1.807) is 18.6 Å². The van der Waals surface area contributed by atoms with Crippen molar-refractivity contribution in [3.05, 3.63) is 259 Å². The number of nitrogens with one attached hydrogen (secondary N) is 3. The molecule has 0 radical (unpaired) electrons. The summed E-state index contributed by atoms with van der Waals surface area (Å²) in [5.41, 5.74) is 51.3. The van der Waals surface area contributed by atoms with Crippen molar-refractivity contribution in [3.8, 4) is 62.5 Å². The van der Waals surface area contributed by atoms with Gasteiger partial charge in [-0.15, -0.1) is 0 Å². The van der Waals surface area contributed by atoms with Crippen molar-refractivity contribution < 1.29 is 14.3 Å². The number of hydrogen-bond donors (Lipinski definition) is 8. The molecule has 606 valence electrons. The zero-order valence-corrected chi connectivity index (χ0v) is 67.9. The number of nitrogen functional groups attached to an aromatic ring is 3. The van der Waals surface area contributed by atoms with Gasteiger partial charge in [0.1, 0.15) is 45.6 Å². The van der Waals surface area contributed by atoms with E-state index in [-0.39, 0.29) is 27.9 Å². The average molecular weight is 1600 g/mol. The van der Waals surface area contributed by atoms with E-state index in [0.29, 0.717) is 40.3 Å². The molecule has 0 atom stereocenters. The van der Waals surface area contributed by atoms with Gasteiger partial charge in [-0.1, -0.05) is 80.1 Å². The Labute approximate surface area is 696 Å². The first-order valence-corrected chi connectivity index (χ1v) is 41.3. The number of rotatable bonds is 17. The molecule has 6 aromatic carbocycles. The molecule has 2 aliphatic heterocycles. The van der Waals surface area contributed by atoms with Crippen LogP contribution in [0.25, 0.3) is 96.0 Å². The first-order chi connectivity index (χ1) is 58.3. The van der Waals surface area contributed by atoms with Gasteiger partial charge in [0.05, 0.1) is 60.2 Å². The number of imidazole rings is 3. The first-order valence-electron chi connectivity index (χ1n) is 41.3. The van der Waals surface area contributed by atoms with Crippen molar-refractivity contribution in [1.29, 1.82) is 0 Å². The molecule has 5 fully saturated rings. The molecule has 2 saturated heterocycles. The van der Waals surface area contributed by atoms with Gasteiger partial charge in [-0.2, -0.15) is 0 Å². The van der Waals surface area contributed by atoms with E-state index in [1.165, 1.54) is 36.9 Å². The maximum atomic E-state index is 12.8. The number of nitrogens with two attached hydrogens (primary N) is 5. The Morgan fingerprint density at radius 3 is 1.34 bits per heavy atom. The summed E-state index contributed by atoms with van der Waals surface area (Å²) < 4.78 is 17.2. The van der Waals surface area contributed by atoms with Crippen molar-refractivity contribution in [3.63, 3.8) is 0 Å². The minimum absolute atomic E-state index is 0.126. The minimum Gasteiger partial charge on any atom is -0.383 e. The maximum absolute atomic E-state index is 12.8. The van der Waals surface area contributed by atoms with Crippen LogP contribution < -0.4 is 54.4 Å². The van der Waals surface area contributed by atoms with E-state index in [2.05, 4.69) is 172 Å². The van der Waals surface area contributed by atoms with Crippen molar-refractivity contribution in [2.45, 2.75) is 108 Å². The summed E-state index contributed by atoms with van der Waals surface area (Å²) in [5.74, 6) is 4.68. The third-order valence-electron chi connectivity index (χ3n) is 23.8. The fraction of sp³-hybridized carbons (Fsp3) is 0.263. The Morgan fingerprint density at radius 2 is 0.875 bits per heavy atom. The maximum Gasteiger partial charge on any atom is 0.251 e. The molecule has 0 spiro atoms. The van der Waals surface area contributed by atoms with E-state index in [0.717, 1.165) is 203 Å². The number of anilines is 9. The molecule has 20 rings (SSSR count). The highest BCUT2D eigenvalue weighted by Gasteiger charge is 2.37. The molecule has 25 heteroatoms. The summed E-state index contributed by atoms with van der Waals surface area (Å²) in [6, 6.07) is 73.0. The Hall–Kier alpha value is -13.5. The summed E-state index contributed by atoms with van der Waals surface area (Å²) in [5, 5.41) is 10.1. The summed E-state index contributed by atoms with van der Waals surface area (Å²) in [6.45, 7) is 14.7. The second kappa shape index (κ2) is 32.4. The van der Waals surface area contributed by atoms with Crippen LogP contribution in [0.5, 0.6) is 0 Å². The van der Waals surface area contributed by atoms with Crippen molar-refractivity contribution in [1.82, 2.24) is 63.9 Å². The molecule has 3 saturated carbocycles. The van der Waals surface area contributed by atoms with Gasteiger partial charge in [0.25, 0.3) is 5.91 Å². The largest absolute Gasteiger partial charge is 0.383 e. The molecule has 0 bridgehead atoms. The monoisotopic (exact) mass is 1590 g/mol. The molecule has 120 heavy (non-hydrogen) atoms. The highest BCUT2D eigenvalue weighted by atomic mass is 16.5. The molecular formula is C95H98N22O3. The van der Waals surface area contributed by atoms with Crippen molar-refractivity contribution in [2.24, 2.45) is 11.5 Å². The summed E-state index contributed by atoms with van der Waals surface area (Å²) >= 11 is 0. The smallest absolute Gasteiger partial charge is 0.251 e.